The summed E-state index contributed by atoms with van der Waals surface area (Å²) in [6.45, 7) is 1.15. The highest BCUT2D eigenvalue weighted by Crippen LogP contribution is 2.37. The smallest absolute Gasteiger partial charge is 0.323 e. The topological polar surface area (TPSA) is 66.5 Å². The fourth-order valence-electron chi connectivity index (χ4n) is 3.07. The van der Waals surface area contributed by atoms with Gasteiger partial charge in [-0.3, -0.25) is 9.10 Å². The highest BCUT2D eigenvalue weighted by Gasteiger charge is 2.34. The molecule has 1 amide bonds. The first-order chi connectivity index (χ1) is 16.0. The predicted octanol–water partition coefficient (Wildman–Crippen LogP) is 6.30. The standard InChI is InChI=1S/C23H20ClF3N2O3S2/c1-2-33-21-11-7-6-10-19(21)28-22(30)15-29(34(31,32)17-8-4-3-5-9-17)20-14-16(23(25,26)27)12-13-18(20)24/h3-14H,2,15H2,1H3,(H,28,30). The van der Waals surface area contributed by atoms with Crippen molar-refractivity contribution in [1.29, 1.82) is 0 Å². The van der Waals surface area contributed by atoms with Gasteiger partial charge in [0.15, 0.2) is 0 Å². The van der Waals surface area contributed by atoms with Gasteiger partial charge in [-0.2, -0.15) is 13.2 Å². The fraction of sp³-hybridized carbons (Fsp3) is 0.174. The van der Waals surface area contributed by atoms with E-state index in [4.69, 9.17) is 11.6 Å². The molecule has 3 aromatic rings. The number of rotatable bonds is 8. The summed E-state index contributed by atoms with van der Waals surface area (Å²) in [5.74, 6) is -0.00142. The van der Waals surface area contributed by atoms with Crippen LogP contribution in [0.5, 0.6) is 0 Å². The van der Waals surface area contributed by atoms with Crippen molar-refractivity contribution >= 4 is 50.7 Å². The highest BCUT2D eigenvalue weighted by molar-refractivity contribution is 7.99. The number of sulfonamides is 1. The highest BCUT2D eigenvalue weighted by atomic mass is 35.5. The van der Waals surface area contributed by atoms with Crippen molar-refractivity contribution in [3.63, 3.8) is 0 Å². The molecule has 0 saturated heterocycles. The first kappa shape index (κ1) is 25.9. The molecule has 0 aliphatic rings. The summed E-state index contributed by atoms with van der Waals surface area (Å²) in [5, 5.41) is 2.40. The van der Waals surface area contributed by atoms with Gasteiger partial charge in [0.25, 0.3) is 10.0 Å². The van der Waals surface area contributed by atoms with Crippen molar-refractivity contribution in [2.75, 3.05) is 21.9 Å². The number of hydrogen-bond acceptors (Lipinski definition) is 4. The Morgan fingerprint density at radius 1 is 1.03 bits per heavy atom. The van der Waals surface area contributed by atoms with E-state index in [0.29, 0.717) is 16.1 Å². The van der Waals surface area contributed by atoms with Crippen molar-refractivity contribution in [1.82, 2.24) is 0 Å². The van der Waals surface area contributed by atoms with Gasteiger partial charge in [-0.1, -0.05) is 48.9 Å². The van der Waals surface area contributed by atoms with Crippen molar-refractivity contribution in [3.8, 4) is 0 Å². The number of nitrogens with one attached hydrogen (secondary N) is 1. The van der Waals surface area contributed by atoms with E-state index in [1.165, 1.54) is 36.0 Å². The van der Waals surface area contributed by atoms with Crippen molar-refractivity contribution in [3.05, 3.63) is 83.4 Å². The van der Waals surface area contributed by atoms with Gasteiger partial charge in [0.2, 0.25) is 5.91 Å². The molecule has 0 fully saturated rings. The molecule has 0 aromatic heterocycles. The number of nitrogens with zero attached hydrogens (tertiary/aromatic N) is 1. The molecule has 0 aliphatic carbocycles. The summed E-state index contributed by atoms with van der Waals surface area (Å²) in [6.07, 6.45) is -4.74. The zero-order valence-electron chi connectivity index (χ0n) is 17.8. The van der Waals surface area contributed by atoms with Crippen LogP contribution < -0.4 is 9.62 Å². The predicted molar refractivity (Wildman–Crippen MR) is 129 cm³/mol. The van der Waals surface area contributed by atoms with Gasteiger partial charge in [0.1, 0.15) is 6.54 Å². The maximum atomic E-state index is 13.4. The Bertz CT molecular complexity index is 1270. The van der Waals surface area contributed by atoms with Crippen LogP contribution in [0.4, 0.5) is 24.5 Å². The molecule has 5 nitrogen and oxygen atoms in total. The van der Waals surface area contributed by atoms with Crippen molar-refractivity contribution in [2.45, 2.75) is 22.9 Å². The van der Waals surface area contributed by atoms with Crippen LogP contribution in [0, 0.1) is 0 Å². The lowest BCUT2D eigenvalue weighted by Gasteiger charge is -2.26. The number of anilines is 2. The summed E-state index contributed by atoms with van der Waals surface area (Å²) in [4.78, 5) is 13.5. The van der Waals surface area contributed by atoms with Gasteiger partial charge in [0, 0.05) is 4.90 Å². The summed E-state index contributed by atoms with van der Waals surface area (Å²) in [5.41, 5.74) is -1.08. The average molecular weight is 529 g/mol. The van der Waals surface area contributed by atoms with Gasteiger partial charge < -0.3 is 5.32 Å². The minimum atomic E-state index is -4.74. The lowest BCUT2D eigenvalue weighted by Crippen LogP contribution is -2.38. The summed E-state index contributed by atoms with van der Waals surface area (Å²) >= 11 is 7.61. The lowest BCUT2D eigenvalue weighted by molar-refractivity contribution is -0.137. The minimum absolute atomic E-state index is 0.196. The third-order valence-corrected chi connectivity index (χ3v) is 7.67. The minimum Gasteiger partial charge on any atom is -0.323 e. The fourth-order valence-corrected chi connectivity index (χ4v) is 5.55. The van der Waals surface area contributed by atoms with Gasteiger partial charge in [-0.15, -0.1) is 11.8 Å². The molecule has 3 aromatic carbocycles. The van der Waals surface area contributed by atoms with Gasteiger partial charge in [-0.25, -0.2) is 8.42 Å². The number of hydrogen-bond donors (Lipinski definition) is 1. The van der Waals surface area contributed by atoms with Crippen LogP contribution in [-0.4, -0.2) is 26.6 Å². The molecule has 0 aliphatic heterocycles. The lowest BCUT2D eigenvalue weighted by atomic mass is 10.2. The van der Waals surface area contributed by atoms with E-state index in [-0.39, 0.29) is 9.92 Å². The number of thioether (sulfide) groups is 1. The van der Waals surface area contributed by atoms with E-state index >= 15 is 0 Å². The number of carbonyl (C=O) groups is 1. The molecule has 11 heteroatoms. The molecular formula is C23H20ClF3N2O3S2. The summed E-state index contributed by atoms with van der Waals surface area (Å²) in [7, 11) is -4.43. The number of para-hydroxylation sites is 1. The van der Waals surface area contributed by atoms with Gasteiger partial charge in [-0.05, 0) is 48.2 Å². The second-order valence-corrected chi connectivity index (χ2v) is 10.5. The van der Waals surface area contributed by atoms with E-state index in [2.05, 4.69) is 5.32 Å². The monoisotopic (exact) mass is 528 g/mol. The number of halogens is 4. The van der Waals surface area contributed by atoms with Crippen molar-refractivity contribution in [2.24, 2.45) is 0 Å². The van der Waals surface area contributed by atoms with E-state index in [9.17, 15) is 26.4 Å². The number of carbonyl (C=O) groups excluding carboxylic acids is 1. The zero-order valence-corrected chi connectivity index (χ0v) is 20.2. The normalized spacial score (nSPS) is 11.8. The van der Waals surface area contributed by atoms with Crippen molar-refractivity contribution < 1.29 is 26.4 Å². The maximum absolute atomic E-state index is 13.4. The van der Waals surface area contributed by atoms with E-state index < -0.39 is 39.9 Å². The summed E-state index contributed by atoms with van der Waals surface area (Å²) in [6, 6.07) is 16.4. The first-order valence-electron chi connectivity index (χ1n) is 10.00. The molecule has 0 bridgehead atoms. The Balaban J connectivity index is 2.05. The summed E-state index contributed by atoms with van der Waals surface area (Å²) < 4.78 is 67.5. The second kappa shape index (κ2) is 10.7. The van der Waals surface area contributed by atoms with Gasteiger partial charge >= 0.3 is 6.18 Å². The van der Waals surface area contributed by atoms with Crippen LogP contribution in [0.3, 0.4) is 0 Å². The maximum Gasteiger partial charge on any atom is 0.416 e. The molecule has 0 unspecified atom stereocenters. The zero-order chi connectivity index (χ0) is 24.9. The molecule has 0 saturated carbocycles. The Morgan fingerprint density at radius 3 is 2.32 bits per heavy atom. The van der Waals surface area contributed by atoms with Crippen LogP contribution in [0.1, 0.15) is 12.5 Å². The molecule has 34 heavy (non-hydrogen) atoms. The second-order valence-electron chi connectivity index (χ2n) is 6.97. The molecule has 0 radical (unpaired) electrons. The number of benzene rings is 3. The van der Waals surface area contributed by atoms with Crippen LogP contribution in [-0.2, 0) is 21.0 Å². The van der Waals surface area contributed by atoms with E-state index in [0.717, 1.165) is 22.8 Å². The molecule has 0 atom stereocenters. The van der Waals surface area contributed by atoms with Crippen LogP contribution in [0.15, 0.2) is 82.6 Å². The Morgan fingerprint density at radius 2 is 1.68 bits per heavy atom. The Kier molecular flexibility index (Phi) is 8.17. The Hall–Kier alpha value is -2.69. The number of alkyl halides is 3. The molecule has 3 rings (SSSR count). The Labute approximate surface area is 205 Å². The quantitative estimate of drug-likeness (QED) is 0.348. The molecule has 0 heterocycles. The molecule has 0 spiro atoms. The molecular weight excluding hydrogens is 509 g/mol. The molecule has 180 valence electrons. The third-order valence-electron chi connectivity index (χ3n) is 4.62. The SMILES string of the molecule is CCSc1ccccc1NC(=O)CN(c1cc(C(F)(F)F)ccc1Cl)S(=O)(=O)c1ccccc1. The van der Waals surface area contributed by atoms with Crippen LogP contribution in [0.25, 0.3) is 0 Å². The van der Waals surface area contributed by atoms with E-state index in [1.807, 2.05) is 6.92 Å². The average Bonchev–Trinajstić information content (AvgIpc) is 2.79. The van der Waals surface area contributed by atoms with Crippen LogP contribution >= 0.6 is 23.4 Å². The molecule has 1 N–H and O–H groups in total. The number of amides is 1. The first-order valence-corrected chi connectivity index (χ1v) is 12.8. The van der Waals surface area contributed by atoms with Gasteiger partial charge in [0.05, 0.1) is 26.9 Å². The third kappa shape index (κ3) is 6.05. The van der Waals surface area contributed by atoms with E-state index in [1.54, 1.807) is 30.3 Å². The van der Waals surface area contributed by atoms with Crippen LogP contribution in [0.2, 0.25) is 5.02 Å². The largest absolute Gasteiger partial charge is 0.416 e.